The van der Waals surface area contributed by atoms with Crippen molar-refractivity contribution in [2.45, 2.75) is 5.51 Å². The van der Waals surface area contributed by atoms with Crippen LogP contribution in [0, 0.1) is 0 Å². The largest absolute Gasteiger partial charge is 0.441 e. The molecule has 20 heavy (non-hydrogen) atoms. The quantitative estimate of drug-likeness (QED) is 0.647. The molecule has 3 N–H and O–H groups in total. The lowest BCUT2D eigenvalue weighted by atomic mass is 10.1. The van der Waals surface area contributed by atoms with E-state index < -0.39 is 11.4 Å². The minimum atomic E-state index is -4.28. The van der Waals surface area contributed by atoms with Gasteiger partial charge in [-0.3, -0.25) is 4.79 Å². The fourth-order valence-corrected chi connectivity index (χ4v) is 1.97. The third-order valence-electron chi connectivity index (χ3n) is 2.42. The number of hydrogen-bond donors (Lipinski definition) is 2. The van der Waals surface area contributed by atoms with Gasteiger partial charge in [-0.2, -0.15) is 13.2 Å². The molecule has 0 aliphatic heterocycles. The summed E-state index contributed by atoms with van der Waals surface area (Å²) < 4.78 is 35.7. The molecule has 4 nitrogen and oxygen atoms in total. The van der Waals surface area contributed by atoms with Crippen LogP contribution in [-0.2, 0) is 0 Å². The molecule has 1 amide bonds. The Balaban J connectivity index is 2.54. The number of benzene rings is 1. The number of alkyl halides is 3. The summed E-state index contributed by atoms with van der Waals surface area (Å²) in [7, 11) is 3.64. The minimum Gasteiger partial charge on any atom is -0.397 e. The van der Waals surface area contributed by atoms with Crippen molar-refractivity contribution in [1.29, 1.82) is 0 Å². The van der Waals surface area contributed by atoms with Crippen LogP contribution in [0.4, 0.5) is 24.5 Å². The molecule has 0 atom stereocenters. The van der Waals surface area contributed by atoms with Gasteiger partial charge in [-0.05, 0) is 30.0 Å². The summed E-state index contributed by atoms with van der Waals surface area (Å²) in [6.07, 6.45) is 0. The zero-order valence-corrected chi connectivity index (χ0v) is 11.9. The fraction of sp³-hybridized carbons (Fsp3) is 0.417. The van der Waals surface area contributed by atoms with Crippen molar-refractivity contribution in [2.24, 2.45) is 0 Å². The maximum Gasteiger partial charge on any atom is 0.441 e. The summed E-state index contributed by atoms with van der Waals surface area (Å²) in [6.45, 7) is -0.0572. The van der Waals surface area contributed by atoms with E-state index >= 15 is 0 Å². The number of nitrogens with two attached hydrogens (primary N) is 1. The van der Waals surface area contributed by atoms with E-state index in [1.807, 2.05) is 14.1 Å². The first-order valence-corrected chi connectivity index (χ1v) is 6.75. The van der Waals surface area contributed by atoms with E-state index in [2.05, 4.69) is 5.32 Å². The highest BCUT2D eigenvalue weighted by atomic mass is 32.2. The van der Waals surface area contributed by atoms with Crippen molar-refractivity contribution in [3.63, 3.8) is 0 Å². The SMILES string of the molecule is CN(C)c1ccc(C(=O)NCCSC(F)(F)F)cc1N. The van der Waals surface area contributed by atoms with Crippen LogP contribution in [0.15, 0.2) is 18.2 Å². The molecule has 0 radical (unpaired) electrons. The molecule has 0 unspecified atom stereocenters. The maximum atomic E-state index is 11.9. The van der Waals surface area contributed by atoms with Crippen LogP contribution in [-0.4, -0.2) is 37.8 Å². The number of nitrogens with zero attached hydrogens (tertiary/aromatic N) is 1. The Morgan fingerprint density at radius 2 is 2.05 bits per heavy atom. The molecule has 112 valence electrons. The molecule has 1 aromatic carbocycles. The van der Waals surface area contributed by atoms with E-state index in [9.17, 15) is 18.0 Å². The minimum absolute atomic E-state index is 0.0572. The van der Waals surface area contributed by atoms with Gasteiger partial charge in [-0.1, -0.05) is 0 Å². The number of carbonyl (C=O) groups is 1. The van der Waals surface area contributed by atoms with E-state index in [-0.39, 0.29) is 24.1 Å². The van der Waals surface area contributed by atoms with E-state index in [0.29, 0.717) is 11.3 Å². The van der Waals surface area contributed by atoms with Crippen LogP contribution >= 0.6 is 11.8 Å². The van der Waals surface area contributed by atoms with Gasteiger partial charge in [0.2, 0.25) is 0 Å². The number of nitrogens with one attached hydrogen (secondary N) is 1. The number of nitrogen functional groups attached to an aromatic ring is 1. The third-order valence-corrected chi connectivity index (χ3v) is 3.16. The first kappa shape index (κ1) is 16.5. The Kier molecular flexibility index (Phi) is 5.55. The summed E-state index contributed by atoms with van der Waals surface area (Å²) in [5.41, 5.74) is 3.06. The number of anilines is 2. The molecule has 1 rings (SSSR count). The van der Waals surface area contributed by atoms with E-state index in [4.69, 9.17) is 5.73 Å². The second-order valence-corrected chi connectivity index (χ2v) is 5.38. The Hall–Kier alpha value is -1.57. The second kappa shape index (κ2) is 6.74. The maximum absolute atomic E-state index is 11.9. The third kappa shape index (κ3) is 5.20. The summed E-state index contributed by atoms with van der Waals surface area (Å²) >= 11 is -0.166. The molecular formula is C12H16F3N3OS. The highest BCUT2D eigenvalue weighted by molar-refractivity contribution is 8.00. The smallest absolute Gasteiger partial charge is 0.397 e. The van der Waals surface area contributed by atoms with Crippen molar-refractivity contribution in [1.82, 2.24) is 5.32 Å². The summed E-state index contributed by atoms with van der Waals surface area (Å²) in [5, 5.41) is 2.42. The predicted molar refractivity (Wildman–Crippen MR) is 76.0 cm³/mol. The zero-order valence-electron chi connectivity index (χ0n) is 11.1. The Morgan fingerprint density at radius 3 is 2.55 bits per heavy atom. The van der Waals surface area contributed by atoms with Gasteiger partial charge in [-0.25, -0.2) is 0 Å². The molecule has 8 heteroatoms. The van der Waals surface area contributed by atoms with Crippen LogP contribution in [0.25, 0.3) is 0 Å². The molecule has 0 spiro atoms. The molecule has 0 aliphatic rings. The van der Waals surface area contributed by atoms with Gasteiger partial charge in [0.25, 0.3) is 5.91 Å². The van der Waals surface area contributed by atoms with Gasteiger partial charge in [0, 0.05) is 32.0 Å². The highest BCUT2D eigenvalue weighted by Gasteiger charge is 2.27. The molecule has 0 saturated heterocycles. The van der Waals surface area contributed by atoms with Crippen molar-refractivity contribution >= 4 is 29.0 Å². The molecule has 0 aliphatic carbocycles. The Morgan fingerprint density at radius 1 is 1.40 bits per heavy atom. The van der Waals surface area contributed by atoms with Gasteiger partial charge >= 0.3 is 5.51 Å². The fourth-order valence-electron chi connectivity index (χ4n) is 1.54. The van der Waals surface area contributed by atoms with Crippen LogP contribution in [0.1, 0.15) is 10.4 Å². The zero-order chi connectivity index (χ0) is 15.3. The van der Waals surface area contributed by atoms with Crippen molar-refractivity contribution in [3.05, 3.63) is 23.8 Å². The number of carbonyl (C=O) groups excluding carboxylic acids is 1. The van der Waals surface area contributed by atoms with Crippen molar-refractivity contribution < 1.29 is 18.0 Å². The Labute approximate surface area is 119 Å². The van der Waals surface area contributed by atoms with Gasteiger partial charge in [0.15, 0.2) is 0 Å². The molecule has 0 saturated carbocycles. The summed E-state index contributed by atoms with van der Waals surface area (Å²) in [4.78, 5) is 13.5. The number of rotatable bonds is 5. The monoisotopic (exact) mass is 307 g/mol. The van der Waals surface area contributed by atoms with Crippen LogP contribution in [0.2, 0.25) is 0 Å². The van der Waals surface area contributed by atoms with Gasteiger partial charge in [0.1, 0.15) is 0 Å². The molecule has 0 fully saturated rings. The van der Waals surface area contributed by atoms with Gasteiger partial charge in [-0.15, -0.1) is 0 Å². The first-order chi connectivity index (χ1) is 9.20. The number of amides is 1. The lowest BCUT2D eigenvalue weighted by Gasteiger charge is -2.16. The lowest BCUT2D eigenvalue weighted by Crippen LogP contribution is -2.26. The van der Waals surface area contributed by atoms with Gasteiger partial charge in [0.05, 0.1) is 11.4 Å². The van der Waals surface area contributed by atoms with E-state index in [0.717, 1.165) is 5.69 Å². The summed E-state index contributed by atoms with van der Waals surface area (Å²) in [6, 6.07) is 4.77. The molecular weight excluding hydrogens is 291 g/mol. The average Bonchev–Trinajstić information content (AvgIpc) is 2.32. The standard InChI is InChI=1S/C12H16F3N3OS/c1-18(2)10-4-3-8(7-9(10)16)11(19)17-5-6-20-12(13,14)15/h3-4,7H,5-6,16H2,1-2H3,(H,17,19). The molecule has 0 bridgehead atoms. The number of thioether (sulfide) groups is 1. The van der Waals surface area contributed by atoms with Crippen molar-refractivity contribution in [2.75, 3.05) is 37.0 Å². The number of hydrogen-bond acceptors (Lipinski definition) is 4. The molecule has 0 aromatic heterocycles. The van der Waals surface area contributed by atoms with E-state index in [1.165, 1.54) is 6.07 Å². The number of halogens is 3. The molecule has 1 aromatic rings. The lowest BCUT2D eigenvalue weighted by molar-refractivity contribution is -0.0327. The summed E-state index contributed by atoms with van der Waals surface area (Å²) in [5.74, 6) is -0.662. The van der Waals surface area contributed by atoms with Gasteiger partial charge < -0.3 is 16.0 Å². The van der Waals surface area contributed by atoms with E-state index in [1.54, 1.807) is 17.0 Å². The Bertz CT molecular complexity index is 478. The predicted octanol–water partition coefficient (Wildman–Crippen LogP) is 2.32. The molecule has 0 heterocycles. The highest BCUT2D eigenvalue weighted by Crippen LogP contribution is 2.29. The second-order valence-electron chi connectivity index (χ2n) is 4.22. The normalized spacial score (nSPS) is 11.2. The van der Waals surface area contributed by atoms with Crippen LogP contribution in [0.3, 0.4) is 0 Å². The van der Waals surface area contributed by atoms with Crippen LogP contribution < -0.4 is 16.0 Å². The van der Waals surface area contributed by atoms with Crippen molar-refractivity contribution in [3.8, 4) is 0 Å². The first-order valence-electron chi connectivity index (χ1n) is 5.76. The van der Waals surface area contributed by atoms with Crippen LogP contribution in [0.5, 0.6) is 0 Å². The average molecular weight is 307 g/mol. The topological polar surface area (TPSA) is 58.4 Å².